The molecule has 1 unspecified atom stereocenters. The van der Waals surface area contributed by atoms with Crippen LogP contribution < -0.4 is 10.2 Å². The number of nitrogens with zero attached hydrogens (tertiary/aromatic N) is 1. The molecule has 1 saturated heterocycles. The number of quaternary nitrogens is 1. The van der Waals surface area contributed by atoms with Crippen LogP contribution in [0.25, 0.3) is 0 Å². The van der Waals surface area contributed by atoms with Crippen molar-refractivity contribution in [3.05, 3.63) is 33.8 Å². The van der Waals surface area contributed by atoms with Crippen molar-refractivity contribution >= 4 is 35.0 Å². The van der Waals surface area contributed by atoms with E-state index in [1.807, 2.05) is 0 Å². The summed E-state index contributed by atoms with van der Waals surface area (Å²) in [6, 6.07) is 4.65. The Morgan fingerprint density at radius 2 is 2.05 bits per heavy atom. The Labute approximate surface area is 140 Å². The lowest BCUT2D eigenvalue weighted by atomic mass is 10.2. The first kappa shape index (κ1) is 17.1. The molecular weight excluding hydrogens is 325 g/mol. The van der Waals surface area contributed by atoms with Gasteiger partial charge in [0.05, 0.1) is 43.8 Å². The third-order valence-corrected chi connectivity index (χ3v) is 4.32. The molecule has 0 saturated carbocycles. The molecule has 1 aromatic rings. The van der Waals surface area contributed by atoms with Gasteiger partial charge < -0.3 is 15.1 Å². The number of nitrogens with one attached hydrogen (secondary N) is 2. The van der Waals surface area contributed by atoms with Gasteiger partial charge in [0.2, 0.25) is 5.91 Å². The van der Waals surface area contributed by atoms with Crippen LogP contribution >= 0.6 is 23.2 Å². The fourth-order valence-electron chi connectivity index (χ4n) is 2.42. The summed E-state index contributed by atoms with van der Waals surface area (Å²) in [5.41, 5.74) is 0.318. The molecule has 1 aromatic carbocycles. The van der Waals surface area contributed by atoms with E-state index in [2.05, 4.69) is 12.4 Å². The number of amides is 2. The van der Waals surface area contributed by atoms with E-state index in [1.54, 1.807) is 17.0 Å². The summed E-state index contributed by atoms with van der Waals surface area (Å²) in [5, 5.41) is 3.37. The third-order valence-electron chi connectivity index (χ3n) is 3.77. The maximum atomic E-state index is 12.2. The lowest BCUT2D eigenvalue weighted by Gasteiger charge is -2.19. The van der Waals surface area contributed by atoms with E-state index in [0.717, 1.165) is 32.6 Å². The predicted octanol–water partition coefficient (Wildman–Crippen LogP) is 0.470. The summed E-state index contributed by atoms with van der Waals surface area (Å²) in [4.78, 5) is 27.5. The molecule has 2 amide bonds. The summed E-state index contributed by atoms with van der Waals surface area (Å²) >= 11 is 11.8. The summed E-state index contributed by atoms with van der Waals surface area (Å²) < 4.78 is 0. The van der Waals surface area contributed by atoms with Gasteiger partial charge in [0, 0.05) is 18.0 Å². The van der Waals surface area contributed by atoms with Gasteiger partial charge in [-0.05, 0) is 18.2 Å². The molecule has 5 nitrogen and oxygen atoms in total. The van der Waals surface area contributed by atoms with E-state index in [-0.39, 0.29) is 23.4 Å². The number of benzene rings is 1. The minimum Gasteiger partial charge on any atom is -0.343 e. The van der Waals surface area contributed by atoms with Crippen LogP contribution in [0.2, 0.25) is 10.0 Å². The van der Waals surface area contributed by atoms with Gasteiger partial charge in [0.1, 0.15) is 0 Å². The van der Waals surface area contributed by atoms with Gasteiger partial charge in [0.25, 0.3) is 5.91 Å². The van der Waals surface area contributed by atoms with Gasteiger partial charge in [-0.2, -0.15) is 0 Å². The number of rotatable bonds is 3. The fraction of sp³-hybridized carbons (Fsp3) is 0.467. The zero-order valence-electron chi connectivity index (χ0n) is 12.5. The van der Waals surface area contributed by atoms with E-state index in [9.17, 15) is 9.59 Å². The maximum absolute atomic E-state index is 12.2. The monoisotopic (exact) mass is 344 g/mol. The Balaban J connectivity index is 1.89. The second kappa shape index (κ2) is 7.81. The lowest BCUT2D eigenvalue weighted by Crippen LogP contribution is -3.09. The Morgan fingerprint density at radius 3 is 2.77 bits per heavy atom. The molecule has 1 heterocycles. The van der Waals surface area contributed by atoms with Gasteiger partial charge in [-0.1, -0.05) is 23.2 Å². The molecule has 22 heavy (non-hydrogen) atoms. The van der Waals surface area contributed by atoms with Crippen LogP contribution in [0.5, 0.6) is 0 Å². The van der Waals surface area contributed by atoms with Gasteiger partial charge in [-0.15, -0.1) is 0 Å². The highest BCUT2D eigenvalue weighted by atomic mass is 35.5. The van der Waals surface area contributed by atoms with Crippen LogP contribution in [-0.4, -0.2) is 56.5 Å². The van der Waals surface area contributed by atoms with Crippen LogP contribution in [0.4, 0.5) is 0 Å². The zero-order valence-corrected chi connectivity index (χ0v) is 14.0. The number of likely N-dealkylation sites (N-methyl/N-ethyl adjacent to an activating group) is 1. The van der Waals surface area contributed by atoms with Crippen molar-refractivity contribution < 1.29 is 14.5 Å². The summed E-state index contributed by atoms with van der Waals surface area (Å²) in [6.07, 6.45) is 0.981. The molecule has 7 heteroatoms. The Kier molecular flexibility index (Phi) is 6.06. The lowest BCUT2D eigenvalue weighted by molar-refractivity contribution is -0.877. The molecule has 2 rings (SSSR count). The molecule has 0 bridgehead atoms. The van der Waals surface area contributed by atoms with Crippen molar-refractivity contribution in [1.29, 1.82) is 0 Å². The minimum atomic E-state index is -0.368. The topological polar surface area (TPSA) is 53.9 Å². The van der Waals surface area contributed by atoms with Crippen LogP contribution in [-0.2, 0) is 4.79 Å². The first-order valence-corrected chi connectivity index (χ1v) is 8.05. The van der Waals surface area contributed by atoms with Crippen LogP contribution in [0, 0.1) is 0 Å². The number of hydrogen-bond donors (Lipinski definition) is 2. The molecular formula is C15H20Cl2N3O2+. The van der Waals surface area contributed by atoms with Crippen molar-refractivity contribution in [2.45, 2.75) is 6.42 Å². The predicted molar refractivity (Wildman–Crippen MR) is 86.6 cm³/mol. The number of halogens is 2. The van der Waals surface area contributed by atoms with Gasteiger partial charge in [-0.25, -0.2) is 0 Å². The largest absolute Gasteiger partial charge is 0.343 e. The molecule has 1 fully saturated rings. The SMILES string of the molecule is C[NH+]1CCCN(C(=O)CNC(=O)c2ccc(Cl)cc2Cl)CC1. The minimum absolute atomic E-state index is 0.0170. The van der Waals surface area contributed by atoms with Gasteiger partial charge in [0.15, 0.2) is 0 Å². The van der Waals surface area contributed by atoms with Gasteiger partial charge >= 0.3 is 0 Å². The van der Waals surface area contributed by atoms with Crippen molar-refractivity contribution in [1.82, 2.24) is 10.2 Å². The standard InChI is InChI=1S/C15H19Cl2N3O2/c1-19-5-2-6-20(8-7-19)14(21)10-18-15(22)12-4-3-11(16)9-13(12)17/h3-4,9H,2,5-8,10H2,1H3,(H,18,22)/p+1. The molecule has 0 spiro atoms. The van der Waals surface area contributed by atoms with Crippen molar-refractivity contribution in [3.63, 3.8) is 0 Å². The molecule has 1 atom stereocenters. The first-order chi connectivity index (χ1) is 10.5. The van der Waals surface area contributed by atoms with E-state index in [4.69, 9.17) is 23.2 Å². The Bertz CT molecular complexity index is 566. The average molecular weight is 345 g/mol. The second-order valence-electron chi connectivity index (χ2n) is 5.50. The van der Waals surface area contributed by atoms with E-state index >= 15 is 0 Å². The highest BCUT2D eigenvalue weighted by Crippen LogP contribution is 2.20. The zero-order chi connectivity index (χ0) is 16.1. The van der Waals surface area contributed by atoms with Gasteiger partial charge in [-0.3, -0.25) is 9.59 Å². The maximum Gasteiger partial charge on any atom is 0.253 e. The Morgan fingerprint density at radius 1 is 1.27 bits per heavy atom. The third kappa shape index (κ3) is 4.60. The molecule has 0 aliphatic carbocycles. The molecule has 0 radical (unpaired) electrons. The highest BCUT2D eigenvalue weighted by molar-refractivity contribution is 6.36. The molecule has 1 aliphatic rings. The Hall–Kier alpha value is -1.30. The molecule has 120 valence electrons. The van der Waals surface area contributed by atoms with E-state index in [1.165, 1.54) is 11.0 Å². The quantitative estimate of drug-likeness (QED) is 0.837. The number of hydrogen-bond acceptors (Lipinski definition) is 2. The average Bonchev–Trinajstić information content (AvgIpc) is 2.69. The van der Waals surface area contributed by atoms with Crippen molar-refractivity contribution in [2.75, 3.05) is 39.8 Å². The second-order valence-corrected chi connectivity index (χ2v) is 6.34. The normalized spacial score (nSPS) is 18.7. The number of carbonyl (C=O) groups is 2. The van der Waals surface area contributed by atoms with E-state index < -0.39 is 0 Å². The van der Waals surface area contributed by atoms with Crippen molar-refractivity contribution in [3.8, 4) is 0 Å². The van der Waals surface area contributed by atoms with Crippen LogP contribution in [0.1, 0.15) is 16.8 Å². The smallest absolute Gasteiger partial charge is 0.253 e. The van der Waals surface area contributed by atoms with E-state index in [0.29, 0.717) is 10.6 Å². The fourth-order valence-corrected chi connectivity index (χ4v) is 2.91. The summed E-state index contributed by atoms with van der Waals surface area (Å²) in [7, 11) is 2.12. The molecule has 1 aliphatic heterocycles. The first-order valence-electron chi connectivity index (χ1n) is 7.29. The number of carbonyl (C=O) groups excluding carboxylic acids is 2. The van der Waals surface area contributed by atoms with Crippen molar-refractivity contribution in [2.24, 2.45) is 0 Å². The molecule has 2 N–H and O–H groups in total. The van der Waals surface area contributed by atoms with Crippen LogP contribution in [0.3, 0.4) is 0 Å². The molecule has 0 aromatic heterocycles. The summed E-state index contributed by atoms with van der Waals surface area (Å²) in [5.74, 6) is -0.430. The highest BCUT2D eigenvalue weighted by Gasteiger charge is 2.20. The summed E-state index contributed by atoms with van der Waals surface area (Å²) in [6.45, 7) is 3.45. The van der Waals surface area contributed by atoms with Crippen LogP contribution in [0.15, 0.2) is 18.2 Å².